The second-order valence-corrected chi connectivity index (χ2v) is 7.98. The third kappa shape index (κ3) is 3.09. The first-order chi connectivity index (χ1) is 16.3. The van der Waals surface area contributed by atoms with Gasteiger partial charge in [-0.2, -0.15) is 5.26 Å². The summed E-state index contributed by atoms with van der Waals surface area (Å²) in [5, 5.41) is 12.1. The fourth-order valence-electron chi connectivity index (χ4n) is 4.66. The van der Waals surface area contributed by atoms with Gasteiger partial charge in [0.2, 0.25) is 0 Å². The van der Waals surface area contributed by atoms with E-state index >= 15 is 0 Å². The summed E-state index contributed by atoms with van der Waals surface area (Å²) in [6, 6.07) is 39.7. The van der Waals surface area contributed by atoms with Crippen LogP contribution in [-0.4, -0.2) is 9.55 Å². The zero-order valence-electron chi connectivity index (χ0n) is 17.8. The summed E-state index contributed by atoms with van der Waals surface area (Å²) in [5.74, 6) is 0. The molecule has 154 valence electrons. The Morgan fingerprint density at radius 3 is 2.03 bits per heavy atom. The molecule has 0 radical (unpaired) electrons. The number of rotatable bonds is 3. The van der Waals surface area contributed by atoms with Crippen molar-refractivity contribution in [2.45, 2.75) is 0 Å². The van der Waals surface area contributed by atoms with E-state index in [1.165, 1.54) is 21.8 Å². The van der Waals surface area contributed by atoms with Crippen molar-refractivity contribution in [3.05, 3.63) is 121 Å². The van der Waals surface area contributed by atoms with Crippen LogP contribution in [0, 0.1) is 11.3 Å². The molecule has 0 fully saturated rings. The van der Waals surface area contributed by atoms with Gasteiger partial charge >= 0.3 is 0 Å². The Hall–Kier alpha value is -4.68. The molecule has 0 atom stereocenters. The van der Waals surface area contributed by atoms with Crippen LogP contribution in [0.5, 0.6) is 0 Å². The van der Waals surface area contributed by atoms with Gasteiger partial charge in [0, 0.05) is 28.2 Å². The predicted molar refractivity (Wildman–Crippen MR) is 134 cm³/mol. The third-order valence-electron chi connectivity index (χ3n) is 6.11. The number of fused-ring (bicyclic) bond motifs is 3. The van der Waals surface area contributed by atoms with Crippen LogP contribution >= 0.6 is 0 Å². The molecular weight excluding hydrogens is 402 g/mol. The van der Waals surface area contributed by atoms with Crippen molar-refractivity contribution in [3.63, 3.8) is 0 Å². The van der Waals surface area contributed by atoms with Crippen LogP contribution in [0.3, 0.4) is 0 Å². The van der Waals surface area contributed by atoms with Gasteiger partial charge in [-0.3, -0.25) is 4.98 Å². The molecule has 0 unspecified atom stereocenters. The van der Waals surface area contributed by atoms with Crippen molar-refractivity contribution in [2.75, 3.05) is 0 Å². The third-order valence-corrected chi connectivity index (χ3v) is 6.11. The molecule has 3 nitrogen and oxygen atoms in total. The topological polar surface area (TPSA) is 41.6 Å². The zero-order chi connectivity index (χ0) is 22.2. The Bertz CT molecular complexity index is 1630. The number of benzene rings is 4. The lowest BCUT2D eigenvalue weighted by molar-refractivity contribution is 1.18. The average Bonchev–Trinajstić information content (AvgIpc) is 3.23. The molecule has 0 amide bonds. The van der Waals surface area contributed by atoms with E-state index < -0.39 is 0 Å². The van der Waals surface area contributed by atoms with Crippen molar-refractivity contribution in [1.29, 1.82) is 5.26 Å². The van der Waals surface area contributed by atoms with E-state index in [-0.39, 0.29) is 0 Å². The second-order valence-electron chi connectivity index (χ2n) is 7.98. The monoisotopic (exact) mass is 421 g/mol. The summed E-state index contributed by atoms with van der Waals surface area (Å²) < 4.78 is 2.32. The minimum Gasteiger partial charge on any atom is -0.309 e. The first-order valence-electron chi connectivity index (χ1n) is 10.9. The molecule has 0 aliphatic carbocycles. The van der Waals surface area contributed by atoms with Gasteiger partial charge in [-0.25, -0.2) is 0 Å². The molecule has 0 bridgehead atoms. The smallest absolute Gasteiger partial charge is 0.101 e. The molecule has 2 heterocycles. The van der Waals surface area contributed by atoms with Crippen LogP contribution in [-0.2, 0) is 0 Å². The van der Waals surface area contributed by atoms with Crippen LogP contribution in [0.1, 0.15) is 5.56 Å². The second kappa shape index (κ2) is 7.78. The molecule has 6 aromatic rings. The Morgan fingerprint density at radius 1 is 0.636 bits per heavy atom. The fourth-order valence-corrected chi connectivity index (χ4v) is 4.66. The van der Waals surface area contributed by atoms with Crippen LogP contribution in [0.25, 0.3) is 49.9 Å². The predicted octanol–water partition coefficient (Wildman–Crippen LogP) is 7.38. The lowest BCUT2D eigenvalue weighted by Crippen LogP contribution is -1.95. The highest BCUT2D eigenvalue weighted by molar-refractivity contribution is 6.09. The van der Waals surface area contributed by atoms with Crippen LogP contribution in [0.15, 0.2) is 115 Å². The van der Waals surface area contributed by atoms with Crippen molar-refractivity contribution in [3.8, 4) is 34.1 Å². The van der Waals surface area contributed by atoms with Gasteiger partial charge < -0.3 is 4.57 Å². The summed E-state index contributed by atoms with van der Waals surface area (Å²) in [6.45, 7) is 0. The largest absolute Gasteiger partial charge is 0.309 e. The highest BCUT2D eigenvalue weighted by atomic mass is 15.0. The van der Waals surface area contributed by atoms with E-state index in [4.69, 9.17) is 0 Å². The molecule has 0 saturated carbocycles. The highest BCUT2D eigenvalue weighted by Gasteiger charge is 2.15. The molecule has 6 rings (SSSR count). The Morgan fingerprint density at radius 2 is 1.30 bits per heavy atom. The fraction of sp³-hybridized carbons (Fsp3) is 0. The van der Waals surface area contributed by atoms with E-state index in [9.17, 15) is 5.26 Å². The quantitative estimate of drug-likeness (QED) is 0.299. The van der Waals surface area contributed by atoms with Gasteiger partial charge in [0.05, 0.1) is 22.3 Å². The maximum atomic E-state index is 9.62. The maximum absolute atomic E-state index is 9.62. The SMILES string of the molecule is N#Cc1cccnc1-c1ccccc1-c1cccc(-n2c3ccccc3c3ccccc32)c1. The summed E-state index contributed by atoms with van der Waals surface area (Å²) in [4.78, 5) is 4.53. The lowest BCUT2D eigenvalue weighted by atomic mass is 9.95. The van der Waals surface area contributed by atoms with Crippen molar-refractivity contribution in [1.82, 2.24) is 9.55 Å². The molecule has 0 aliphatic heterocycles. The van der Waals surface area contributed by atoms with Crippen molar-refractivity contribution in [2.24, 2.45) is 0 Å². The molecule has 3 heteroatoms. The minimum atomic E-state index is 0.573. The summed E-state index contributed by atoms with van der Waals surface area (Å²) in [7, 11) is 0. The maximum Gasteiger partial charge on any atom is 0.101 e. The molecular formula is C30H19N3. The summed E-state index contributed by atoms with van der Waals surface area (Å²) in [6.07, 6.45) is 1.74. The summed E-state index contributed by atoms with van der Waals surface area (Å²) in [5.41, 5.74) is 7.83. The van der Waals surface area contributed by atoms with E-state index in [1.807, 2.05) is 24.3 Å². The number of hydrogen-bond acceptors (Lipinski definition) is 2. The molecule has 0 spiro atoms. The molecule has 0 N–H and O–H groups in total. The normalized spacial score (nSPS) is 11.0. The number of pyridine rings is 1. The Labute approximate surface area is 191 Å². The number of para-hydroxylation sites is 2. The first-order valence-corrected chi connectivity index (χ1v) is 10.9. The molecule has 4 aromatic carbocycles. The van der Waals surface area contributed by atoms with Crippen LogP contribution < -0.4 is 0 Å². The van der Waals surface area contributed by atoms with Gasteiger partial charge in [0.15, 0.2) is 0 Å². The number of hydrogen-bond donors (Lipinski definition) is 0. The van der Waals surface area contributed by atoms with E-state index in [0.29, 0.717) is 11.3 Å². The van der Waals surface area contributed by atoms with Gasteiger partial charge in [0.25, 0.3) is 0 Å². The minimum absolute atomic E-state index is 0.573. The van der Waals surface area contributed by atoms with Crippen molar-refractivity contribution < 1.29 is 0 Å². The van der Waals surface area contributed by atoms with Gasteiger partial charge in [-0.15, -0.1) is 0 Å². The first kappa shape index (κ1) is 19.0. The molecule has 0 aliphatic rings. The Balaban J connectivity index is 1.59. The average molecular weight is 422 g/mol. The van der Waals surface area contributed by atoms with E-state index in [2.05, 4.69) is 94.5 Å². The summed E-state index contributed by atoms with van der Waals surface area (Å²) >= 11 is 0. The number of aromatic nitrogens is 2. The van der Waals surface area contributed by atoms with Gasteiger partial charge in [-0.05, 0) is 47.5 Å². The van der Waals surface area contributed by atoms with E-state index in [1.54, 1.807) is 12.3 Å². The van der Waals surface area contributed by atoms with Crippen LogP contribution in [0.2, 0.25) is 0 Å². The molecule has 33 heavy (non-hydrogen) atoms. The number of nitrogens with zero attached hydrogens (tertiary/aromatic N) is 3. The highest BCUT2D eigenvalue weighted by Crippen LogP contribution is 2.36. The van der Waals surface area contributed by atoms with Crippen LogP contribution in [0.4, 0.5) is 0 Å². The Kier molecular flexibility index (Phi) is 4.49. The standard InChI is InChI=1S/C30H19N3/c31-20-22-10-8-18-32-30(22)27-15-2-1-12-24(27)21-9-7-11-23(19-21)33-28-16-5-3-13-25(28)26-14-4-6-17-29(26)33/h1-19H. The molecule has 2 aromatic heterocycles. The van der Waals surface area contributed by atoms with Crippen molar-refractivity contribution >= 4 is 21.8 Å². The van der Waals surface area contributed by atoms with Gasteiger partial charge in [0.1, 0.15) is 6.07 Å². The van der Waals surface area contributed by atoms with Gasteiger partial charge in [-0.1, -0.05) is 72.8 Å². The molecule has 0 saturated heterocycles. The lowest BCUT2D eigenvalue weighted by Gasteiger charge is -2.13. The zero-order valence-corrected chi connectivity index (χ0v) is 17.8. The van der Waals surface area contributed by atoms with E-state index in [0.717, 1.165) is 22.4 Å². The number of nitriles is 1.